The van der Waals surface area contributed by atoms with E-state index >= 15 is 0 Å². The van der Waals surface area contributed by atoms with Gasteiger partial charge in [0.1, 0.15) is 5.82 Å². The highest BCUT2D eigenvalue weighted by Gasteiger charge is 2.21. The van der Waals surface area contributed by atoms with Crippen LogP contribution in [0.15, 0.2) is 42.5 Å². The molecule has 1 unspecified atom stereocenters. The molecular weight excluding hydrogens is 415 g/mol. The Kier molecular flexibility index (Phi) is 7.70. The van der Waals surface area contributed by atoms with Gasteiger partial charge in [0.2, 0.25) is 15.9 Å². The lowest BCUT2D eigenvalue weighted by atomic mass is 9.89. The highest BCUT2D eigenvalue weighted by Crippen LogP contribution is 2.26. The Hall–Kier alpha value is -2.41. The summed E-state index contributed by atoms with van der Waals surface area (Å²) in [4.78, 5) is 12.6. The average Bonchev–Trinajstić information content (AvgIpc) is 2.74. The van der Waals surface area contributed by atoms with Gasteiger partial charge in [-0.1, -0.05) is 37.3 Å². The summed E-state index contributed by atoms with van der Waals surface area (Å²) in [5.41, 5.74) is 3.90. The lowest BCUT2D eigenvalue weighted by molar-refractivity contribution is -0.121. The normalized spacial score (nSPS) is 14.5. The molecule has 7 heteroatoms. The second kappa shape index (κ2) is 10.3. The number of hydrogen-bond acceptors (Lipinski definition) is 3. The van der Waals surface area contributed by atoms with Gasteiger partial charge in [0.25, 0.3) is 0 Å². The fourth-order valence-corrected chi connectivity index (χ4v) is 5.13. The molecule has 0 fully saturated rings. The second-order valence-electron chi connectivity index (χ2n) is 8.15. The summed E-state index contributed by atoms with van der Waals surface area (Å²) in [5.74, 6) is -0.734. The Bertz CT molecular complexity index is 1020. The SMILES string of the molecule is CCC(NC(=O)CCCN(c1ccccc1F)S(C)(=O)=O)c1ccc2c(c1)CCCC2. The molecule has 3 rings (SSSR count). The Morgan fingerprint density at radius 2 is 1.84 bits per heavy atom. The maximum atomic E-state index is 14.1. The number of para-hydroxylation sites is 1. The van der Waals surface area contributed by atoms with Crippen LogP contribution < -0.4 is 9.62 Å². The van der Waals surface area contributed by atoms with Crippen LogP contribution in [0.25, 0.3) is 0 Å². The molecule has 1 N–H and O–H groups in total. The molecule has 2 aromatic carbocycles. The molecule has 0 spiro atoms. The Labute approximate surface area is 184 Å². The quantitative estimate of drug-likeness (QED) is 0.616. The monoisotopic (exact) mass is 446 g/mol. The summed E-state index contributed by atoms with van der Waals surface area (Å²) >= 11 is 0. The van der Waals surface area contributed by atoms with Gasteiger partial charge in [0, 0.05) is 13.0 Å². The van der Waals surface area contributed by atoms with Crippen LogP contribution in [0, 0.1) is 5.82 Å². The molecule has 1 atom stereocenters. The minimum Gasteiger partial charge on any atom is -0.349 e. The van der Waals surface area contributed by atoms with Gasteiger partial charge in [-0.15, -0.1) is 0 Å². The van der Waals surface area contributed by atoms with Crippen molar-refractivity contribution >= 4 is 21.6 Å². The molecule has 0 radical (unpaired) electrons. The molecular formula is C24H31FN2O3S. The average molecular weight is 447 g/mol. The van der Waals surface area contributed by atoms with Crippen LogP contribution in [0.4, 0.5) is 10.1 Å². The number of anilines is 1. The summed E-state index contributed by atoms with van der Waals surface area (Å²) < 4.78 is 39.4. The maximum Gasteiger partial charge on any atom is 0.232 e. The van der Waals surface area contributed by atoms with Crippen LogP contribution in [-0.4, -0.2) is 27.1 Å². The molecule has 31 heavy (non-hydrogen) atoms. The number of nitrogens with one attached hydrogen (secondary N) is 1. The summed E-state index contributed by atoms with van der Waals surface area (Å²) in [5, 5.41) is 3.07. The first-order valence-electron chi connectivity index (χ1n) is 10.9. The fourth-order valence-electron chi connectivity index (χ4n) is 4.16. The molecule has 0 heterocycles. The fraction of sp³-hybridized carbons (Fsp3) is 0.458. The van der Waals surface area contributed by atoms with E-state index in [9.17, 15) is 17.6 Å². The number of halogens is 1. The third-order valence-corrected chi connectivity index (χ3v) is 6.98. The van der Waals surface area contributed by atoms with Crippen molar-refractivity contribution in [1.29, 1.82) is 0 Å². The zero-order chi connectivity index (χ0) is 22.4. The van der Waals surface area contributed by atoms with E-state index in [4.69, 9.17) is 0 Å². The number of sulfonamides is 1. The highest BCUT2D eigenvalue weighted by molar-refractivity contribution is 7.92. The number of carbonyl (C=O) groups is 1. The van der Waals surface area contributed by atoms with E-state index in [1.165, 1.54) is 42.2 Å². The van der Waals surface area contributed by atoms with E-state index in [0.717, 1.165) is 35.4 Å². The van der Waals surface area contributed by atoms with Crippen molar-refractivity contribution in [3.8, 4) is 0 Å². The van der Waals surface area contributed by atoms with Crippen molar-refractivity contribution in [2.75, 3.05) is 17.1 Å². The van der Waals surface area contributed by atoms with Crippen LogP contribution in [0.2, 0.25) is 0 Å². The smallest absolute Gasteiger partial charge is 0.232 e. The van der Waals surface area contributed by atoms with Gasteiger partial charge in [-0.3, -0.25) is 9.10 Å². The zero-order valence-electron chi connectivity index (χ0n) is 18.2. The van der Waals surface area contributed by atoms with Crippen LogP contribution in [0.3, 0.4) is 0 Å². The first-order valence-corrected chi connectivity index (χ1v) is 12.8. The Balaban J connectivity index is 1.60. The highest BCUT2D eigenvalue weighted by atomic mass is 32.2. The number of nitrogens with zero attached hydrogens (tertiary/aromatic N) is 1. The van der Waals surface area contributed by atoms with E-state index in [0.29, 0.717) is 6.42 Å². The van der Waals surface area contributed by atoms with Gasteiger partial charge in [-0.05, 0) is 67.3 Å². The first-order chi connectivity index (χ1) is 14.8. The van der Waals surface area contributed by atoms with E-state index in [1.54, 1.807) is 6.07 Å². The molecule has 0 bridgehead atoms. The third kappa shape index (κ3) is 6.06. The van der Waals surface area contributed by atoms with Crippen molar-refractivity contribution in [3.63, 3.8) is 0 Å². The molecule has 2 aromatic rings. The molecule has 0 saturated carbocycles. The minimum atomic E-state index is -3.66. The first kappa shape index (κ1) is 23.3. The number of rotatable bonds is 9. The lowest BCUT2D eigenvalue weighted by Crippen LogP contribution is -2.33. The second-order valence-corrected chi connectivity index (χ2v) is 10.1. The number of carbonyl (C=O) groups excluding carboxylic acids is 1. The van der Waals surface area contributed by atoms with Crippen molar-refractivity contribution in [1.82, 2.24) is 5.32 Å². The maximum absolute atomic E-state index is 14.1. The minimum absolute atomic E-state index is 0.00546. The molecule has 5 nitrogen and oxygen atoms in total. The van der Waals surface area contributed by atoms with Gasteiger partial charge < -0.3 is 5.32 Å². The zero-order valence-corrected chi connectivity index (χ0v) is 19.1. The van der Waals surface area contributed by atoms with Crippen molar-refractivity contribution in [2.24, 2.45) is 0 Å². The topological polar surface area (TPSA) is 66.5 Å². The van der Waals surface area contributed by atoms with Gasteiger partial charge in [0.05, 0.1) is 18.0 Å². The molecule has 1 aliphatic carbocycles. The Morgan fingerprint density at radius 3 is 2.52 bits per heavy atom. The summed E-state index contributed by atoms with van der Waals surface area (Å²) in [7, 11) is -3.66. The summed E-state index contributed by atoms with van der Waals surface area (Å²) in [6.07, 6.45) is 6.94. The molecule has 168 valence electrons. The standard InChI is InChI=1S/C24H31FN2O3S/c1-3-22(20-15-14-18-9-4-5-10-19(18)17-20)26-24(28)13-8-16-27(31(2,29)30)23-12-7-6-11-21(23)25/h6-7,11-12,14-15,17,22H,3-5,8-10,13,16H2,1-2H3,(H,26,28). The molecule has 0 aromatic heterocycles. The van der Waals surface area contributed by atoms with Gasteiger partial charge in [0.15, 0.2) is 0 Å². The molecule has 0 saturated heterocycles. The molecule has 1 amide bonds. The Morgan fingerprint density at radius 1 is 1.13 bits per heavy atom. The van der Waals surface area contributed by atoms with E-state index in [1.807, 2.05) is 6.92 Å². The van der Waals surface area contributed by atoms with Crippen molar-refractivity contribution in [2.45, 2.75) is 57.9 Å². The number of fused-ring (bicyclic) bond motifs is 1. The van der Waals surface area contributed by atoms with Crippen molar-refractivity contribution in [3.05, 3.63) is 65.0 Å². The third-order valence-electron chi connectivity index (χ3n) is 5.80. The van der Waals surface area contributed by atoms with E-state index < -0.39 is 15.8 Å². The number of hydrogen-bond donors (Lipinski definition) is 1. The van der Waals surface area contributed by atoms with E-state index in [-0.39, 0.29) is 30.6 Å². The predicted octanol–water partition coefficient (Wildman–Crippen LogP) is 4.52. The van der Waals surface area contributed by atoms with Crippen LogP contribution in [-0.2, 0) is 27.7 Å². The van der Waals surface area contributed by atoms with Crippen LogP contribution in [0.1, 0.15) is 61.8 Å². The largest absolute Gasteiger partial charge is 0.349 e. The number of aryl methyl sites for hydroxylation is 2. The van der Waals surface area contributed by atoms with Gasteiger partial charge in [-0.25, -0.2) is 12.8 Å². The van der Waals surface area contributed by atoms with E-state index in [2.05, 4.69) is 23.5 Å². The number of benzene rings is 2. The summed E-state index contributed by atoms with van der Waals surface area (Å²) in [6, 6.07) is 12.2. The van der Waals surface area contributed by atoms with Crippen molar-refractivity contribution < 1.29 is 17.6 Å². The van der Waals surface area contributed by atoms with Gasteiger partial charge in [-0.2, -0.15) is 0 Å². The predicted molar refractivity (Wildman–Crippen MR) is 122 cm³/mol. The summed E-state index contributed by atoms with van der Waals surface area (Å²) in [6.45, 7) is 2.08. The molecule has 0 aliphatic heterocycles. The van der Waals surface area contributed by atoms with Crippen LogP contribution in [0.5, 0.6) is 0 Å². The molecule has 1 aliphatic rings. The lowest BCUT2D eigenvalue weighted by Gasteiger charge is -2.23. The van der Waals surface area contributed by atoms with Gasteiger partial charge >= 0.3 is 0 Å². The number of amides is 1. The van der Waals surface area contributed by atoms with Crippen LogP contribution >= 0.6 is 0 Å².